The molecule has 0 atom stereocenters. The molecule has 0 fully saturated rings. The van der Waals surface area contributed by atoms with Crippen LogP contribution in [-0.4, -0.2) is 54.3 Å². The van der Waals surface area contributed by atoms with E-state index in [4.69, 9.17) is 19.4 Å². The minimum Gasteiger partial charge on any atom is -0.501 e. The number of fused-ring (bicyclic) bond motifs is 8. The van der Waals surface area contributed by atoms with Gasteiger partial charge in [-0.2, -0.15) is 0 Å². The van der Waals surface area contributed by atoms with Gasteiger partial charge in [0, 0.05) is 46.0 Å². The van der Waals surface area contributed by atoms with Crippen molar-refractivity contribution in [3.8, 4) is 16.9 Å². The fourth-order valence-corrected chi connectivity index (χ4v) is 5.94. The summed E-state index contributed by atoms with van der Waals surface area (Å²) in [5.41, 5.74) is 11.7. The van der Waals surface area contributed by atoms with Gasteiger partial charge in [0.25, 0.3) is 0 Å². The third-order valence-electron chi connectivity index (χ3n) is 8.25. The quantitative estimate of drug-likeness (QED) is 0.147. The lowest BCUT2D eigenvalue weighted by Crippen LogP contribution is -3.05. The fraction of sp³-hybridized carbons (Fsp3) is 0.220. The molecule has 48 heavy (non-hydrogen) atoms. The lowest BCUT2D eigenvalue weighted by Gasteiger charge is -2.10. The SMILES string of the molecule is CC.COC1=CC=C(c2c3nc(cc4ccc([nH]4)c(-c4ccc(OCCC[NH+](C)C)cc4)c4nc(cc5ccc2[nH]5)C=C4)C=C3)C=CC1. The van der Waals surface area contributed by atoms with E-state index in [1.165, 1.54) is 4.90 Å². The molecule has 3 aromatic heterocycles. The van der Waals surface area contributed by atoms with Gasteiger partial charge in [0.15, 0.2) is 0 Å². The van der Waals surface area contributed by atoms with Gasteiger partial charge < -0.3 is 24.3 Å². The van der Waals surface area contributed by atoms with Crippen molar-refractivity contribution in [2.75, 3.05) is 34.4 Å². The van der Waals surface area contributed by atoms with Crippen LogP contribution >= 0.6 is 0 Å². The zero-order chi connectivity index (χ0) is 33.5. The summed E-state index contributed by atoms with van der Waals surface area (Å²) >= 11 is 0. The first kappa shape index (κ1) is 32.5. The normalized spacial score (nSPS) is 13.5. The maximum absolute atomic E-state index is 6.02. The van der Waals surface area contributed by atoms with Crippen LogP contribution in [0.1, 0.15) is 55.0 Å². The highest BCUT2D eigenvalue weighted by atomic mass is 16.5. The molecule has 0 radical (unpaired) electrons. The van der Waals surface area contributed by atoms with E-state index in [0.29, 0.717) is 6.61 Å². The maximum atomic E-state index is 6.02. The summed E-state index contributed by atoms with van der Waals surface area (Å²) in [4.78, 5) is 18.8. The van der Waals surface area contributed by atoms with Crippen molar-refractivity contribution in [2.24, 2.45) is 0 Å². The maximum Gasteiger partial charge on any atom is 0.119 e. The van der Waals surface area contributed by atoms with Crippen molar-refractivity contribution in [1.82, 2.24) is 19.9 Å². The molecule has 7 nitrogen and oxygen atoms in total. The molecule has 0 amide bonds. The number of hydrogen-bond acceptors (Lipinski definition) is 4. The molecule has 0 saturated heterocycles. The molecule has 3 N–H and O–H groups in total. The Morgan fingerprint density at radius 2 is 1.35 bits per heavy atom. The Hall–Kier alpha value is -5.40. The number of aromatic amines is 2. The van der Waals surface area contributed by atoms with Crippen LogP contribution in [0.5, 0.6) is 5.75 Å². The number of ether oxygens (including phenoxy) is 2. The van der Waals surface area contributed by atoms with Crippen molar-refractivity contribution < 1.29 is 14.4 Å². The van der Waals surface area contributed by atoms with Crippen LogP contribution in [0, 0.1) is 0 Å². The van der Waals surface area contributed by atoms with E-state index in [-0.39, 0.29) is 0 Å². The second-order valence-electron chi connectivity index (χ2n) is 12.0. The average Bonchev–Trinajstić information content (AvgIpc) is 3.91. The van der Waals surface area contributed by atoms with Crippen molar-refractivity contribution in [3.63, 3.8) is 0 Å². The number of allylic oxidation sites excluding steroid dienone is 5. The number of rotatable bonds is 8. The Morgan fingerprint density at radius 3 is 1.98 bits per heavy atom. The second-order valence-corrected chi connectivity index (χ2v) is 12.0. The fourth-order valence-electron chi connectivity index (χ4n) is 5.94. The van der Waals surface area contributed by atoms with E-state index in [1.54, 1.807) is 7.11 Å². The summed E-state index contributed by atoms with van der Waals surface area (Å²) < 4.78 is 11.5. The molecule has 0 spiro atoms. The molecule has 5 heterocycles. The van der Waals surface area contributed by atoms with E-state index in [1.807, 2.05) is 32.1 Å². The van der Waals surface area contributed by atoms with Crippen LogP contribution in [0.15, 0.2) is 90.7 Å². The number of quaternary nitrogens is 1. The third-order valence-corrected chi connectivity index (χ3v) is 8.25. The molecule has 0 unspecified atom stereocenters. The van der Waals surface area contributed by atoms with Crippen LogP contribution < -0.4 is 9.64 Å². The average molecular weight is 639 g/mol. The summed E-state index contributed by atoms with van der Waals surface area (Å²) in [6, 6.07) is 20.9. The highest BCUT2D eigenvalue weighted by Gasteiger charge is 2.14. The van der Waals surface area contributed by atoms with Crippen molar-refractivity contribution in [2.45, 2.75) is 26.7 Å². The lowest BCUT2D eigenvalue weighted by molar-refractivity contribution is -0.858. The number of nitrogens with zero attached hydrogens (tertiary/aromatic N) is 2. The largest absolute Gasteiger partial charge is 0.501 e. The molecule has 7 heteroatoms. The number of aromatic nitrogens is 4. The van der Waals surface area contributed by atoms with Gasteiger partial charge in [-0.05, 0) is 90.0 Å². The summed E-state index contributed by atoms with van der Waals surface area (Å²) in [5.74, 6) is 1.79. The molecule has 244 valence electrons. The van der Waals surface area contributed by atoms with Crippen molar-refractivity contribution >= 4 is 51.9 Å². The van der Waals surface area contributed by atoms with E-state index >= 15 is 0 Å². The number of hydrogen-bond donors (Lipinski definition) is 3. The molecule has 7 rings (SSSR count). The van der Waals surface area contributed by atoms with E-state index in [9.17, 15) is 0 Å². The Labute approximate surface area is 282 Å². The second kappa shape index (κ2) is 15.0. The van der Waals surface area contributed by atoms with Gasteiger partial charge in [-0.3, -0.25) is 0 Å². The molecule has 0 saturated carbocycles. The van der Waals surface area contributed by atoms with Gasteiger partial charge in [0.2, 0.25) is 0 Å². The predicted molar refractivity (Wildman–Crippen MR) is 200 cm³/mol. The van der Waals surface area contributed by atoms with Crippen LogP contribution in [-0.2, 0) is 4.74 Å². The van der Waals surface area contributed by atoms with Gasteiger partial charge in [-0.15, -0.1) is 0 Å². The highest BCUT2D eigenvalue weighted by Crippen LogP contribution is 2.32. The zero-order valence-electron chi connectivity index (χ0n) is 28.4. The van der Waals surface area contributed by atoms with Crippen molar-refractivity contribution in [1.29, 1.82) is 0 Å². The van der Waals surface area contributed by atoms with Crippen LogP contribution in [0.25, 0.3) is 63.1 Å². The van der Waals surface area contributed by atoms with Gasteiger partial charge in [0.05, 0.1) is 62.9 Å². The third kappa shape index (κ3) is 7.42. The molecule has 4 aromatic rings. The summed E-state index contributed by atoms with van der Waals surface area (Å²) in [5, 5.41) is 0. The molecule has 3 aliphatic rings. The van der Waals surface area contributed by atoms with Gasteiger partial charge in [-0.1, -0.05) is 44.2 Å². The Balaban J connectivity index is 0.00000197. The zero-order valence-corrected chi connectivity index (χ0v) is 28.4. The van der Waals surface area contributed by atoms with Crippen molar-refractivity contribution in [3.05, 3.63) is 119 Å². The van der Waals surface area contributed by atoms with Crippen LogP contribution in [0.4, 0.5) is 0 Å². The first-order valence-electron chi connectivity index (χ1n) is 16.8. The molecule has 1 aromatic carbocycles. The highest BCUT2D eigenvalue weighted by molar-refractivity contribution is 5.93. The van der Waals surface area contributed by atoms with E-state index < -0.39 is 0 Å². The van der Waals surface area contributed by atoms with Crippen LogP contribution in [0.2, 0.25) is 0 Å². The molecular weight excluding hydrogens is 594 g/mol. The lowest BCUT2D eigenvalue weighted by atomic mass is 10.0. The number of H-pyrrole nitrogens is 2. The Kier molecular flexibility index (Phi) is 10.2. The minimum absolute atomic E-state index is 0.706. The molecule has 8 bridgehead atoms. The summed E-state index contributed by atoms with van der Waals surface area (Å²) in [7, 11) is 6.03. The first-order chi connectivity index (χ1) is 23.5. The molecular formula is C41H44N5O2+. The van der Waals surface area contributed by atoms with Gasteiger partial charge >= 0.3 is 0 Å². The first-order valence-corrected chi connectivity index (χ1v) is 16.8. The number of nitrogens with one attached hydrogen (secondary N) is 3. The van der Waals surface area contributed by atoms with Gasteiger partial charge in [0.1, 0.15) is 5.75 Å². The Morgan fingerprint density at radius 1 is 0.729 bits per heavy atom. The molecule has 1 aliphatic carbocycles. The molecule has 2 aliphatic heterocycles. The van der Waals surface area contributed by atoms with E-state index in [0.717, 1.165) is 98.0 Å². The van der Waals surface area contributed by atoms with Gasteiger partial charge in [-0.25, -0.2) is 9.97 Å². The Bertz CT molecular complexity index is 2090. The summed E-state index contributed by atoms with van der Waals surface area (Å²) in [6.07, 6.45) is 18.5. The van der Waals surface area contributed by atoms with E-state index in [2.05, 4.69) is 115 Å². The van der Waals surface area contributed by atoms with Crippen LogP contribution in [0.3, 0.4) is 0 Å². The summed E-state index contributed by atoms with van der Waals surface area (Å²) in [6.45, 7) is 5.79. The number of methoxy groups -OCH3 is 1. The smallest absolute Gasteiger partial charge is 0.119 e. The minimum atomic E-state index is 0.706. The number of benzene rings is 1. The standard InChI is InChI=1S/C39H37N5O2.C2H6/c1-44(2)22-5-23-46-33-16-9-27(10-17-33)39-36-20-13-30(42-36)24-28-11-18-34(40-28)38(26-6-4-7-32(45-3)15-8-26)35-19-12-29(41-35)25-31-14-21-37(39)43-31;1-2/h4,6,8-21,24-25,40,43H,5,7,22-23H2,1-3H3;1-2H3/p+1. The topological polar surface area (TPSA) is 80.3 Å². The monoisotopic (exact) mass is 638 g/mol. The predicted octanol–water partition coefficient (Wildman–Crippen LogP) is 8.14.